The molecule has 44 heavy (non-hydrogen) atoms. The monoisotopic (exact) mass is 566 g/mol. The molecule has 0 saturated heterocycles. The molecule has 0 bridgehead atoms. The zero-order chi connectivity index (χ0) is 29.8. The van der Waals surface area contributed by atoms with E-state index in [0.717, 1.165) is 0 Å². The minimum Gasteiger partial charge on any atom is -0.355 e. The standard InChI is InChI=1S/C42H34N2/c1-41(2)34-23-32-30-15-9-11-17-39(30)44(28-20-18-27(19-21-28)26-12-6-5-7-13-26)40(32)25-36(34)42(3,4)33-22-31-29-14-8-10-16-37(29)43-38(31)24-35(33)41/h5-25,43H,1-4H3. The van der Waals surface area contributed by atoms with Crippen molar-refractivity contribution in [2.75, 3.05) is 0 Å². The van der Waals surface area contributed by atoms with Crippen molar-refractivity contribution >= 4 is 43.6 Å². The zero-order valence-corrected chi connectivity index (χ0v) is 25.6. The van der Waals surface area contributed by atoms with Gasteiger partial charge in [-0.2, -0.15) is 0 Å². The van der Waals surface area contributed by atoms with Crippen LogP contribution in [-0.4, -0.2) is 9.55 Å². The van der Waals surface area contributed by atoms with Gasteiger partial charge in [-0.25, -0.2) is 0 Å². The average molecular weight is 567 g/mol. The lowest BCUT2D eigenvalue weighted by Crippen LogP contribution is -2.36. The number of aromatic amines is 1. The number of nitrogens with zero attached hydrogens (tertiary/aromatic N) is 1. The quantitative estimate of drug-likeness (QED) is 0.215. The zero-order valence-electron chi connectivity index (χ0n) is 25.6. The molecule has 0 unspecified atom stereocenters. The minimum absolute atomic E-state index is 0.152. The minimum atomic E-state index is -0.167. The van der Waals surface area contributed by atoms with E-state index < -0.39 is 0 Å². The summed E-state index contributed by atoms with van der Waals surface area (Å²) in [5, 5.41) is 5.20. The molecular formula is C42H34N2. The van der Waals surface area contributed by atoms with Crippen molar-refractivity contribution in [1.82, 2.24) is 9.55 Å². The van der Waals surface area contributed by atoms with Gasteiger partial charge in [0.2, 0.25) is 0 Å². The molecule has 0 spiro atoms. The Balaban J connectivity index is 1.30. The summed E-state index contributed by atoms with van der Waals surface area (Å²) in [6.07, 6.45) is 0. The van der Waals surface area contributed by atoms with E-state index in [2.05, 4.69) is 165 Å². The third-order valence-electron chi connectivity index (χ3n) is 10.4. The molecular weight excluding hydrogens is 532 g/mol. The number of nitrogens with one attached hydrogen (secondary N) is 1. The second kappa shape index (κ2) is 8.74. The number of benzene rings is 6. The van der Waals surface area contributed by atoms with Gasteiger partial charge < -0.3 is 9.55 Å². The summed E-state index contributed by atoms with van der Waals surface area (Å²) in [5.41, 5.74) is 13.9. The molecule has 0 atom stereocenters. The average Bonchev–Trinajstić information content (AvgIpc) is 3.58. The first kappa shape index (κ1) is 25.4. The molecule has 2 heteroatoms. The van der Waals surface area contributed by atoms with E-state index in [4.69, 9.17) is 0 Å². The van der Waals surface area contributed by atoms with Gasteiger partial charge >= 0.3 is 0 Å². The highest BCUT2D eigenvalue weighted by molar-refractivity contribution is 6.11. The Labute approximate surface area is 257 Å². The fraction of sp³-hybridized carbons (Fsp3) is 0.143. The van der Waals surface area contributed by atoms with Gasteiger partial charge in [0.1, 0.15) is 0 Å². The molecule has 1 N–H and O–H groups in total. The van der Waals surface area contributed by atoms with Crippen molar-refractivity contribution in [2.45, 2.75) is 38.5 Å². The SMILES string of the molecule is CC1(C)c2cc3[nH]c4ccccc4c3cc2C(C)(C)c2cc3c(cc21)c1ccccc1n3-c1ccc(-c2ccccc2)cc1. The molecule has 2 nitrogen and oxygen atoms in total. The van der Waals surface area contributed by atoms with Crippen LogP contribution in [0.5, 0.6) is 0 Å². The van der Waals surface area contributed by atoms with Crippen LogP contribution in [0.15, 0.2) is 127 Å². The molecule has 212 valence electrons. The number of rotatable bonds is 2. The van der Waals surface area contributed by atoms with Crippen LogP contribution in [0.1, 0.15) is 49.9 Å². The summed E-state index contributed by atoms with van der Waals surface area (Å²) in [6.45, 7) is 9.63. The van der Waals surface area contributed by atoms with Gasteiger partial charge in [0.05, 0.1) is 11.0 Å². The highest BCUT2D eigenvalue weighted by Crippen LogP contribution is 2.52. The van der Waals surface area contributed by atoms with E-state index in [9.17, 15) is 0 Å². The third-order valence-corrected chi connectivity index (χ3v) is 10.4. The second-order valence-corrected chi connectivity index (χ2v) is 13.5. The van der Waals surface area contributed by atoms with Gasteiger partial charge in [0.25, 0.3) is 0 Å². The van der Waals surface area contributed by atoms with Crippen LogP contribution in [0.25, 0.3) is 60.4 Å². The number of hydrogen-bond acceptors (Lipinski definition) is 0. The summed E-state index contributed by atoms with van der Waals surface area (Å²) in [4.78, 5) is 3.70. The fourth-order valence-corrected chi connectivity index (χ4v) is 7.98. The number of para-hydroxylation sites is 2. The molecule has 6 aromatic carbocycles. The van der Waals surface area contributed by atoms with Crippen LogP contribution in [0.2, 0.25) is 0 Å². The van der Waals surface area contributed by atoms with Crippen LogP contribution in [0.3, 0.4) is 0 Å². The first-order valence-electron chi connectivity index (χ1n) is 15.6. The predicted molar refractivity (Wildman–Crippen MR) is 186 cm³/mol. The normalized spacial score (nSPS) is 15.2. The lowest BCUT2D eigenvalue weighted by molar-refractivity contribution is 0.523. The molecule has 9 rings (SSSR count). The smallest absolute Gasteiger partial charge is 0.0544 e. The van der Waals surface area contributed by atoms with Crippen molar-refractivity contribution < 1.29 is 0 Å². The molecule has 2 heterocycles. The van der Waals surface area contributed by atoms with E-state index in [-0.39, 0.29) is 10.8 Å². The second-order valence-electron chi connectivity index (χ2n) is 13.5. The van der Waals surface area contributed by atoms with Gasteiger partial charge in [-0.1, -0.05) is 107 Å². The van der Waals surface area contributed by atoms with Crippen LogP contribution < -0.4 is 0 Å². The lowest BCUT2D eigenvalue weighted by Gasteiger charge is -2.44. The number of aromatic nitrogens is 2. The molecule has 0 aliphatic heterocycles. The molecule has 0 radical (unpaired) electrons. The lowest BCUT2D eigenvalue weighted by atomic mass is 9.59. The Morgan fingerprint density at radius 3 is 1.75 bits per heavy atom. The molecule has 0 amide bonds. The first-order chi connectivity index (χ1) is 21.3. The molecule has 1 aliphatic carbocycles. The highest BCUT2D eigenvalue weighted by atomic mass is 15.0. The molecule has 0 saturated carbocycles. The largest absolute Gasteiger partial charge is 0.355 e. The summed E-state index contributed by atoms with van der Waals surface area (Å²) in [5.74, 6) is 0. The number of hydrogen-bond donors (Lipinski definition) is 1. The Hall–Kier alpha value is -5.08. The Morgan fingerprint density at radius 1 is 0.432 bits per heavy atom. The number of H-pyrrole nitrogens is 1. The van der Waals surface area contributed by atoms with E-state index in [1.54, 1.807) is 0 Å². The van der Waals surface area contributed by atoms with Gasteiger partial charge in [0, 0.05) is 49.1 Å². The maximum atomic E-state index is 3.70. The van der Waals surface area contributed by atoms with Gasteiger partial charge in [-0.05, 0) is 81.9 Å². The predicted octanol–water partition coefficient (Wildman–Crippen LogP) is 11.1. The Bertz CT molecular complexity index is 2420. The van der Waals surface area contributed by atoms with Crippen LogP contribution in [0, 0.1) is 0 Å². The first-order valence-corrected chi connectivity index (χ1v) is 15.6. The van der Waals surface area contributed by atoms with E-state index in [1.165, 1.54) is 82.7 Å². The van der Waals surface area contributed by atoms with Crippen LogP contribution >= 0.6 is 0 Å². The summed E-state index contributed by atoms with van der Waals surface area (Å²) in [6, 6.07) is 47.1. The van der Waals surface area contributed by atoms with Crippen molar-refractivity contribution in [1.29, 1.82) is 0 Å². The van der Waals surface area contributed by atoms with Crippen LogP contribution in [0.4, 0.5) is 0 Å². The summed E-state index contributed by atoms with van der Waals surface area (Å²) >= 11 is 0. The summed E-state index contributed by atoms with van der Waals surface area (Å²) in [7, 11) is 0. The van der Waals surface area contributed by atoms with Crippen molar-refractivity contribution in [3.8, 4) is 16.8 Å². The summed E-state index contributed by atoms with van der Waals surface area (Å²) < 4.78 is 2.46. The topological polar surface area (TPSA) is 20.7 Å². The fourth-order valence-electron chi connectivity index (χ4n) is 7.98. The van der Waals surface area contributed by atoms with Gasteiger partial charge in [0.15, 0.2) is 0 Å². The highest BCUT2D eigenvalue weighted by Gasteiger charge is 2.42. The molecule has 2 aromatic heterocycles. The Morgan fingerprint density at radius 2 is 1.00 bits per heavy atom. The van der Waals surface area contributed by atoms with Crippen molar-refractivity contribution in [3.63, 3.8) is 0 Å². The van der Waals surface area contributed by atoms with Crippen molar-refractivity contribution in [2.24, 2.45) is 0 Å². The van der Waals surface area contributed by atoms with Gasteiger partial charge in [-0.15, -0.1) is 0 Å². The Kier molecular flexibility index (Phi) is 5.05. The maximum absolute atomic E-state index is 3.70. The van der Waals surface area contributed by atoms with Crippen molar-refractivity contribution in [3.05, 3.63) is 150 Å². The molecule has 0 fully saturated rings. The third kappa shape index (κ3) is 3.37. The number of fused-ring (bicyclic) bond motifs is 8. The van der Waals surface area contributed by atoms with E-state index in [1.807, 2.05) is 0 Å². The maximum Gasteiger partial charge on any atom is 0.0544 e. The molecule has 1 aliphatic rings. The van der Waals surface area contributed by atoms with E-state index >= 15 is 0 Å². The van der Waals surface area contributed by atoms with Crippen LogP contribution in [-0.2, 0) is 10.8 Å². The van der Waals surface area contributed by atoms with Gasteiger partial charge in [-0.3, -0.25) is 0 Å². The van der Waals surface area contributed by atoms with E-state index in [0.29, 0.717) is 0 Å². The molecule has 8 aromatic rings.